The van der Waals surface area contributed by atoms with Crippen LogP contribution in [-0.2, 0) is 7.05 Å². The minimum absolute atomic E-state index is 0.103. The predicted molar refractivity (Wildman–Crippen MR) is 91.6 cm³/mol. The van der Waals surface area contributed by atoms with Gasteiger partial charge in [-0.25, -0.2) is 0 Å². The zero-order valence-electron chi connectivity index (χ0n) is 14.3. The van der Waals surface area contributed by atoms with Gasteiger partial charge in [0.2, 0.25) is 5.89 Å². The average Bonchev–Trinajstić information content (AvgIpc) is 3.35. The van der Waals surface area contributed by atoms with Crippen LogP contribution < -0.4 is 5.56 Å². The molecule has 134 valence electrons. The highest BCUT2D eigenvalue weighted by Crippen LogP contribution is 2.29. The number of hydrogen-bond donors (Lipinski definition) is 0. The highest BCUT2D eigenvalue weighted by Gasteiger charge is 2.29. The van der Waals surface area contributed by atoms with Crippen molar-refractivity contribution in [2.75, 3.05) is 13.1 Å². The molecule has 1 aliphatic rings. The fourth-order valence-corrected chi connectivity index (χ4v) is 3.16. The zero-order chi connectivity index (χ0) is 18.1. The van der Waals surface area contributed by atoms with Crippen molar-refractivity contribution in [3.8, 4) is 11.5 Å². The Balaban J connectivity index is 1.43. The van der Waals surface area contributed by atoms with Crippen molar-refractivity contribution in [3.05, 3.63) is 58.7 Å². The molecule has 0 N–H and O–H groups in total. The van der Waals surface area contributed by atoms with E-state index in [1.54, 1.807) is 48.9 Å². The summed E-state index contributed by atoms with van der Waals surface area (Å²) in [6, 6.07) is 5.04. The number of aryl methyl sites for hydroxylation is 1. The van der Waals surface area contributed by atoms with E-state index < -0.39 is 0 Å². The molecule has 1 fully saturated rings. The predicted octanol–water partition coefficient (Wildman–Crippen LogP) is 2.05. The molecule has 0 unspecified atom stereocenters. The Morgan fingerprint density at radius 1 is 1.23 bits per heavy atom. The van der Waals surface area contributed by atoms with Crippen LogP contribution in [0.4, 0.5) is 0 Å². The van der Waals surface area contributed by atoms with E-state index in [4.69, 9.17) is 8.83 Å². The molecular formula is C18H18N4O4. The maximum Gasteiger partial charge on any atom is 0.263 e. The molecule has 0 radical (unpaired) electrons. The first-order valence-corrected chi connectivity index (χ1v) is 8.44. The molecule has 8 nitrogen and oxygen atoms in total. The van der Waals surface area contributed by atoms with Crippen molar-refractivity contribution < 1.29 is 13.6 Å². The van der Waals surface area contributed by atoms with Crippen LogP contribution in [0.15, 0.2) is 50.6 Å². The van der Waals surface area contributed by atoms with Gasteiger partial charge in [-0.15, -0.1) is 10.2 Å². The quantitative estimate of drug-likeness (QED) is 0.714. The summed E-state index contributed by atoms with van der Waals surface area (Å²) in [6.07, 6.45) is 6.17. The SMILES string of the molecule is Cn1cccc(C(=O)N2CCC(c3nnc(-c4ccoc4)o3)CC2)c1=O. The van der Waals surface area contributed by atoms with Gasteiger partial charge < -0.3 is 18.3 Å². The largest absolute Gasteiger partial charge is 0.472 e. The molecular weight excluding hydrogens is 336 g/mol. The topological polar surface area (TPSA) is 94.4 Å². The molecule has 3 aromatic rings. The fraction of sp³-hybridized carbons (Fsp3) is 0.333. The number of carbonyl (C=O) groups excluding carboxylic acids is 1. The molecule has 3 aromatic heterocycles. The molecule has 0 aromatic carbocycles. The molecule has 1 saturated heterocycles. The highest BCUT2D eigenvalue weighted by atomic mass is 16.4. The van der Waals surface area contributed by atoms with Crippen LogP contribution in [0.3, 0.4) is 0 Å². The van der Waals surface area contributed by atoms with E-state index in [1.807, 2.05) is 0 Å². The lowest BCUT2D eigenvalue weighted by Gasteiger charge is -2.30. The summed E-state index contributed by atoms with van der Waals surface area (Å²) >= 11 is 0. The first-order valence-electron chi connectivity index (χ1n) is 8.44. The van der Waals surface area contributed by atoms with Gasteiger partial charge in [0.15, 0.2) is 0 Å². The molecule has 0 atom stereocenters. The first kappa shape index (κ1) is 16.3. The molecule has 4 rings (SSSR count). The molecule has 0 aliphatic carbocycles. The molecule has 0 saturated carbocycles. The van der Waals surface area contributed by atoms with Crippen LogP contribution in [0, 0.1) is 0 Å². The Morgan fingerprint density at radius 3 is 2.77 bits per heavy atom. The number of carbonyl (C=O) groups is 1. The summed E-state index contributed by atoms with van der Waals surface area (Å²) < 4.78 is 12.2. The minimum Gasteiger partial charge on any atom is -0.472 e. The molecule has 1 amide bonds. The van der Waals surface area contributed by atoms with Crippen molar-refractivity contribution in [1.29, 1.82) is 0 Å². The van der Waals surface area contributed by atoms with Crippen LogP contribution in [0.2, 0.25) is 0 Å². The zero-order valence-corrected chi connectivity index (χ0v) is 14.3. The van der Waals surface area contributed by atoms with Gasteiger partial charge in [-0.3, -0.25) is 9.59 Å². The molecule has 4 heterocycles. The summed E-state index contributed by atoms with van der Waals surface area (Å²) in [5, 5.41) is 8.19. The summed E-state index contributed by atoms with van der Waals surface area (Å²) in [6.45, 7) is 1.09. The van der Waals surface area contributed by atoms with Gasteiger partial charge in [0.05, 0.1) is 11.8 Å². The smallest absolute Gasteiger partial charge is 0.263 e. The Kier molecular flexibility index (Phi) is 4.16. The van der Waals surface area contributed by atoms with E-state index in [-0.39, 0.29) is 22.9 Å². The van der Waals surface area contributed by atoms with Crippen molar-refractivity contribution in [1.82, 2.24) is 19.7 Å². The summed E-state index contributed by atoms with van der Waals surface area (Å²) in [5.41, 5.74) is 0.672. The number of piperidine rings is 1. The minimum atomic E-state index is -0.277. The van der Waals surface area contributed by atoms with Crippen LogP contribution >= 0.6 is 0 Å². The molecule has 8 heteroatoms. The summed E-state index contributed by atoms with van der Waals surface area (Å²) in [5.74, 6) is 0.879. The number of likely N-dealkylation sites (tertiary alicyclic amines) is 1. The molecule has 1 aliphatic heterocycles. The van der Waals surface area contributed by atoms with E-state index in [2.05, 4.69) is 10.2 Å². The van der Waals surface area contributed by atoms with Crippen molar-refractivity contribution >= 4 is 5.91 Å². The standard InChI is InChI=1S/C18H18N4O4/c1-21-7-2-3-14(17(21)23)18(24)22-8-4-12(5-9-22)15-19-20-16(26-15)13-6-10-25-11-13/h2-3,6-7,10-12H,4-5,8-9H2,1H3. The number of hydrogen-bond acceptors (Lipinski definition) is 6. The maximum atomic E-state index is 12.6. The number of aromatic nitrogens is 3. The van der Waals surface area contributed by atoms with Gasteiger partial charge >= 0.3 is 0 Å². The molecule has 0 bridgehead atoms. The van der Waals surface area contributed by atoms with Gasteiger partial charge in [0.25, 0.3) is 17.4 Å². The van der Waals surface area contributed by atoms with Crippen molar-refractivity contribution in [3.63, 3.8) is 0 Å². The van der Waals surface area contributed by atoms with Gasteiger partial charge in [-0.05, 0) is 31.0 Å². The third kappa shape index (κ3) is 2.94. The third-order valence-electron chi connectivity index (χ3n) is 4.69. The monoisotopic (exact) mass is 354 g/mol. The van der Waals surface area contributed by atoms with E-state index >= 15 is 0 Å². The number of pyridine rings is 1. The number of amides is 1. The maximum absolute atomic E-state index is 12.6. The van der Waals surface area contributed by atoms with Gasteiger partial charge in [0, 0.05) is 32.3 Å². The molecule has 26 heavy (non-hydrogen) atoms. The lowest BCUT2D eigenvalue weighted by Crippen LogP contribution is -2.40. The highest BCUT2D eigenvalue weighted by molar-refractivity contribution is 5.93. The number of nitrogens with zero attached hydrogens (tertiary/aromatic N) is 4. The second-order valence-corrected chi connectivity index (χ2v) is 6.36. The fourth-order valence-electron chi connectivity index (χ4n) is 3.16. The van der Waals surface area contributed by atoms with E-state index in [0.29, 0.717) is 37.7 Å². The Hall–Kier alpha value is -3.16. The van der Waals surface area contributed by atoms with Crippen LogP contribution in [0.5, 0.6) is 0 Å². The second-order valence-electron chi connectivity index (χ2n) is 6.36. The Labute approximate surface area is 149 Å². The number of furan rings is 1. The average molecular weight is 354 g/mol. The second kappa shape index (κ2) is 6.62. The first-order chi connectivity index (χ1) is 12.6. The summed E-state index contributed by atoms with van der Waals surface area (Å²) in [4.78, 5) is 26.5. The number of rotatable bonds is 3. The van der Waals surface area contributed by atoms with Crippen LogP contribution in [-0.4, -0.2) is 38.7 Å². The van der Waals surface area contributed by atoms with Gasteiger partial charge in [0.1, 0.15) is 11.8 Å². The normalized spacial score (nSPS) is 15.3. The van der Waals surface area contributed by atoms with Crippen molar-refractivity contribution in [2.24, 2.45) is 7.05 Å². The van der Waals surface area contributed by atoms with Crippen molar-refractivity contribution in [2.45, 2.75) is 18.8 Å². The van der Waals surface area contributed by atoms with E-state index in [0.717, 1.165) is 5.56 Å². The molecule has 0 spiro atoms. The lowest BCUT2D eigenvalue weighted by atomic mass is 9.96. The van der Waals surface area contributed by atoms with E-state index in [9.17, 15) is 9.59 Å². The van der Waals surface area contributed by atoms with E-state index in [1.165, 1.54) is 4.57 Å². The third-order valence-corrected chi connectivity index (χ3v) is 4.69. The van der Waals surface area contributed by atoms with Crippen LogP contribution in [0.25, 0.3) is 11.5 Å². The lowest BCUT2D eigenvalue weighted by molar-refractivity contribution is 0.0704. The Bertz CT molecular complexity index is 965. The summed E-state index contributed by atoms with van der Waals surface area (Å²) in [7, 11) is 1.64. The van der Waals surface area contributed by atoms with Gasteiger partial charge in [-0.1, -0.05) is 0 Å². The Morgan fingerprint density at radius 2 is 2.04 bits per heavy atom. The van der Waals surface area contributed by atoms with Crippen LogP contribution in [0.1, 0.15) is 35.0 Å². The van der Waals surface area contributed by atoms with Gasteiger partial charge in [-0.2, -0.15) is 0 Å².